The average Bonchev–Trinajstić information content (AvgIpc) is 3.05. The maximum absolute atomic E-state index is 13.0. The van der Waals surface area contributed by atoms with Crippen LogP contribution in [-0.2, 0) is 10.0 Å². The number of hydrogen-bond donors (Lipinski definition) is 1. The van der Waals surface area contributed by atoms with E-state index in [0.29, 0.717) is 28.7 Å². The minimum atomic E-state index is -3.83. The van der Waals surface area contributed by atoms with Gasteiger partial charge in [-0.25, -0.2) is 4.98 Å². The molecule has 0 fully saturated rings. The van der Waals surface area contributed by atoms with E-state index in [1.165, 1.54) is 15.9 Å². The lowest BCUT2D eigenvalue weighted by atomic mass is 10.2. The smallest absolute Gasteiger partial charge is 0.281 e. The molecule has 0 saturated carbocycles. The molecule has 0 unspecified atom stereocenters. The van der Waals surface area contributed by atoms with Gasteiger partial charge in [0.15, 0.2) is 0 Å². The highest BCUT2D eigenvalue weighted by Gasteiger charge is 2.29. The molecule has 0 aliphatic carbocycles. The van der Waals surface area contributed by atoms with Crippen LogP contribution in [0.15, 0.2) is 29.3 Å². The Morgan fingerprint density at radius 2 is 1.96 bits per heavy atom. The number of hydrogen-bond acceptors (Lipinski definition) is 6. The number of benzene rings is 1. The minimum Gasteiger partial charge on any atom is -0.494 e. The van der Waals surface area contributed by atoms with Gasteiger partial charge in [0.2, 0.25) is 9.99 Å². The van der Waals surface area contributed by atoms with Gasteiger partial charge in [-0.1, -0.05) is 25.2 Å². The van der Waals surface area contributed by atoms with Gasteiger partial charge in [-0.15, -0.1) is 0 Å². The van der Waals surface area contributed by atoms with Gasteiger partial charge in [0.05, 0.1) is 12.3 Å². The maximum Gasteiger partial charge on any atom is 0.281 e. The van der Waals surface area contributed by atoms with Crippen LogP contribution in [0.3, 0.4) is 0 Å². The van der Waals surface area contributed by atoms with Crippen LogP contribution >= 0.6 is 11.3 Å². The topological polar surface area (TPSA) is 85.6 Å². The van der Waals surface area contributed by atoms with Gasteiger partial charge in [0, 0.05) is 5.69 Å². The van der Waals surface area contributed by atoms with Gasteiger partial charge in [-0.2, -0.15) is 18.0 Å². The third-order valence-corrected chi connectivity index (χ3v) is 5.73. The lowest BCUT2D eigenvalue weighted by molar-refractivity contribution is 0.340. The molecular formula is C16H20N4O3S2. The second kappa shape index (κ2) is 6.64. The van der Waals surface area contributed by atoms with Gasteiger partial charge >= 0.3 is 0 Å². The molecule has 2 aromatic heterocycles. The second-order valence-electron chi connectivity index (χ2n) is 5.84. The summed E-state index contributed by atoms with van der Waals surface area (Å²) in [6.07, 6.45) is 0. The molecular weight excluding hydrogens is 360 g/mol. The van der Waals surface area contributed by atoms with Crippen molar-refractivity contribution in [2.75, 3.05) is 11.3 Å². The molecule has 3 rings (SSSR count). The molecule has 0 aliphatic heterocycles. The lowest BCUT2D eigenvalue weighted by Crippen LogP contribution is -2.17. The van der Waals surface area contributed by atoms with Crippen molar-refractivity contribution >= 4 is 32.0 Å². The van der Waals surface area contributed by atoms with Gasteiger partial charge < -0.3 is 4.74 Å². The summed E-state index contributed by atoms with van der Waals surface area (Å²) < 4.78 is 35.4. The molecule has 9 heteroatoms. The van der Waals surface area contributed by atoms with Gasteiger partial charge in [-0.3, -0.25) is 4.72 Å². The third kappa shape index (κ3) is 3.47. The summed E-state index contributed by atoms with van der Waals surface area (Å²) in [5.74, 6) is 0.649. The van der Waals surface area contributed by atoms with Crippen LogP contribution in [0.2, 0.25) is 0 Å². The SMILES string of the molecule is CCOc1ccc(NS(=O)(=O)c2c(C(C)C)nc3sc(C)nn23)cc1. The maximum atomic E-state index is 13.0. The number of nitrogens with zero attached hydrogens (tertiary/aromatic N) is 3. The van der Waals surface area contributed by atoms with Gasteiger partial charge in [0.1, 0.15) is 10.8 Å². The first-order chi connectivity index (χ1) is 11.8. The number of sulfonamides is 1. The molecule has 0 amide bonds. The summed E-state index contributed by atoms with van der Waals surface area (Å²) >= 11 is 1.37. The predicted molar refractivity (Wildman–Crippen MR) is 98.1 cm³/mol. The van der Waals surface area contributed by atoms with Crippen LogP contribution in [0.4, 0.5) is 5.69 Å². The monoisotopic (exact) mass is 380 g/mol. The molecule has 25 heavy (non-hydrogen) atoms. The predicted octanol–water partition coefficient (Wildman–Crippen LogP) is 3.42. The third-order valence-electron chi connectivity index (χ3n) is 3.51. The van der Waals surface area contributed by atoms with E-state index in [-0.39, 0.29) is 10.9 Å². The van der Waals surface area contributed by atoms with Crippen molar-refractivity contribution in [2.24, 2.45) is 0 Å². The number of aromatic nitrogens is 3. The van der Waals surface area contributed by atoms with Crippen LogP contribution in [0.1, 0.15) is 37.4 Å². The molecule has 0 spiro atoms. The van der Waals surface area contributed by atoms with Crippen molar-refractivity contribution in [3.05, 3.63) is 35.0 Å². The van der Waals surface area contributed by atoms with Gasteiger partial charge in [0.25, 0.3) is 10.0 Å². The molecule has 2 heterocycles. The summed E-state index contributed by atoms with van der Waals surface area (Å²) in [5, 5.41) is 5.15. The van der Waals surface area contributed by atoms with Crippen LogP contribution in [0.5, 0.6) is 5.75 Å². The van der Waals surface area contributed by atoms with Crippen molar-refractivity contribution in [3.63, 3.8) is 0 Å². The normalized spacial score (nSPS) is 12.0. The van der Waals surface area contributed by atoms with E-state index in [9.17, 15) is 8.42 Å². The first-order valence-electron chi connectivity index (χ1n) is 7.93. The molecule has 0 aliphatic rings. The average molecular weight is 380 g/mol. The zero-order chi connectivity index (χ0) is 18.2. The summed E-state index contributed by atoms with van der Waals surface area (Å²) in [6.45, 7) is 8.10. The van der Waals surface area contributed by atoms with E-state index >= 15 is 0 Å². The molecule has 1 N–H and O–H groups in total. The Labute approximate surface area is 150 Å². The van der Waals surface area contributed by atoms with E-state index in [4.69, 9.17) is 4.74 Å². The highest BCUT2D eigenvalue weighted by atomic mass is 32.2. The van der Waals surface area contributed by atoms with E-state index in [1.54, 1.807) is 24.3 Å². The number of aryl methyl sites for hydroxylation is 1. The summed E-state index contributed by atoms with van der Waals surface area (Å²) in [6, 6.07) is 6.79. The molecule has 1 aromatic carbocycles. The van der Waals surface area contributed by atoms with Crippen molar-refractivity contribution < 1.29 is 13.2 Å². The highest BCUT2D eigenvalue weighted by Crippen LogP contribution is 2.29. The molecule has 134 valence electrons. The largest absolute Gasteiger partial charge is 0.494 e. The van der Waals surface area contributed by atoms with Crippen molar-refractivity contribution in [1.82, 2.24) is 14.6 Å². The fourth-order valence-corrected chi connectivity index (χ4v) is 4.72. The quantitative estimate of drug-likeness (QED) is 0.708. The van der Waals surface area contributed by atoms with E-state index in [2.05, 4.69) is 14.8 Å². The molecule has 0 radical (unpaired) electrons. The Bertz CT molecular complexity index is 988. The van der Waals surface area contributed by atoms with E-state index in [1.807, 2.05) is 27.7 Å². The number of fused-ring (bicyclic) bond motifs is 1. The van der Waals surface area contributed by atoms with Gasteiger partial charge in [-0.05, 0) is 44.0 Å². The Morgan fingerprint density at radius 1 is 1.28 bits per heavy atom. The fourth-order valence-electron chi connectivity index (χ4n) is 2.46. The second-order valence-corrected chi connectivity index (χ2v) is 8.59. The Balaban J connectivity index is 2.01. The molecule has 0 saturated heterocycles. The zero-order valence-electron chi connectivity index (χ0n) is 14.5. The first-order valence-corrected chi connectivity index (χ1v) is 10.2. The first kappa shape index (κ1) is 17.7. The number of rotatable bonds is 6. The number of anilines is 1. The summed E-state index contributed by atoms with van der Waals surface area (Å²) in [7, 11) is -3.83. The Hall–Kier alpha value is -2.13. The summed E-state index contributed by atoms with van der Waals surface area (Å²) in [4.78, 5) is 5.04. The molecule has 0 atom stereocenters. The number of imidazole rings is 1. The number of nitrogens with one attached hydrogen (secondary N) is 1. The summed E-state index contributed by atoms with van der Waals surface area (Å²) in [5.41, 5.74) is 0.970. The fraction of sp³-hybridized carbons (Fsp3) is 0.375. The number of ether oxygens (including phenoxy) is 1. The molecule has 0 bridgehead atoms. The Morgan fingerprint density at radius 3 is 2.56 bits per heavy atom. The van der Waals surface area contributed by atoms with Crippen LogP contribution < -0.4 is 9.46 Å². The Kier molecular flexibility index (Phi) is 4.70. The van der Waals surface area contributed by atoms with Crippen molar-refractivity contribution in [1.29, 1.82) is 0 Å². The van der Waals surface area contributed by atoms with Crippen LogP contribution in [0.25, 0.3) is 4.96 Å². The zero-order valence-corrected chi connectivity index (χ0v) is 16.1. The van der Waals surface area contributed by atoms with E-state index < -0.39 is 10.0 Å². The van der Waals surface area contributed by atoms with Crippen LogP contribution in [0, 0.1) is 6.92 Å². The minimum absolute atomic E-state index is 0.0406. The molecule has 7 nitrogen and oxygen atoms in total. The van der Waals surface area contributed by atoms with Crippen LogP contribution in [-0.4, -0.2) is 29.6 Å². The van der Waals surface area contributed by atoms with Crippen molar-refractivity contribution in [2.45, 2.75) is 38.6 Å². The highest BCUT2D eigenvalue weighted by molar-refractivity contribution is 7.92. The molecule has 3 aromatic rings. The standard InChI is InChI=1S/C16H20N4O3S2/c1-5-23-13-8-6-12(7-9-13)19-25(21,22)15-14(10(2)3)17-16-20(15)18-11(4)24-16/h6-10,19H,5H2,1-4H3. The lowest BCUT2D eigenvalue weighted by Gasteiger charge is -2.11. The van der Waals surface area contributed by atoms with E-state index in [0.717, 1.165) is 5.01 Å². The van der Waals surface area contributed by atoms with Crippen molar-refractivity contribution in [3.8, 4) is 5.75 Å².